The van der Waals surface area contributed by atoms with Gasteiger partial charge in [-0.05, 0) is 30.7 Å². The maximum atomic E-state index is 13.0. The number of benzene rings is 1. The molecule has 1 fully saturated rings. The fourth-order valence-corrected chi connectivity index (χ4v) is 4.61. The number of aromatic amines is 1. The second kappa shape index (κ2) is 8.46. The molecule has 1 N–H and O–H groups in total. The molecule has 3 heterocycles. The third-order valence-electron chi connectivity index (χ3n) is 4.88. The third-order valence-corrected chi connectivity index (χ3v) is 6.12. The van der Waals surface area contributed by atoms with Crippen LogP contribution in [0.1, 0.15) is 6.92 Å². The molecule has 1 aliphatic heterocycles. The molecule has 4 rings (SSSR count). The van der Waals surface area contributed by atoms with E-state index in [1.165, 1.54) is 11.8 Å². The summed E-state index contributed by atoms with van der Waals surface area (Å²) in [5.74, 6) is 0.928. The number of imidazole rings is 1. The lowest BCUT2D eigenvalue weighted by Crippen LogP contribution is -2.50. The van der Waals surface area contributed by atoms with Gasteiger partial charge in [-0.3, -0.25) is 4.79 Å². The van der Waals surface area contributed by atoms with Gasteiger partial charge in [-0.15, -0.1) is 0 Å². The molecule has 0 bridgehead atoms. The maximum Gasteiger partial charge on any atom is 0.235 e. The Kier molecular flexibility index (Phi) is 5.77. The van der Waals surface area contributed by atoms with Crippen LogP contribution in [0.25, 0.3) is 11.2 Å². The number of thioether (sulfide) groups is 1. The zero-order valence-corrected chi connectivity index (χ0v) is 17.7. The van der Waals surface area contributed by atoms with Crippen molar-refractivity contribution in [3.05, 3.63) is 35.9 Å². The molecule has 0 saturated carbocycles. The number of ether oxygens (including phenoxy) is 1. The SMILES string of the molecule is COc1ccccc1N1CCN(C(=O)[C@@H](C)Sc2nc(Cl)nc3nc[nH]c23)CC1. The first-order valence-electron chi connectivity index (χ1n) is 9.27. The summed E-state index contributed by atoms with van der Waals surface area (Å²) in [7, 11) is 1.67. The number of piperazine rings is 1. The van der Waals surface area contributed by atoms with Crippen molar-refractivity contribution in [2.24, 2.45) is 0 Å². The van der Waals surface area contributed by atoms with Crippen LogP contribution in [0.2, 0.25) is 5.28 Å². The lowest BCUT2D eigenvalue weighted by Gasteiger charge is -2.37. The summed E-state index contributed by atoms with van der Waals surface area (Å²) in [6, 6.07) is 7.95. The summed E-state index contributed by atoms with van der Waals surface area (Å²) >= 11 is 7.36. The number of halogens is 1. The van der Waals surface area contributed by atoms with Crippen molar-refractivity contribution in [1.29, 1.82) is 0 Å². The van der Waals surface area contributed by atoms with Gasteiger partial charge >= 0.3 is 0 Å². The van der Waals surface area contributed by atoms with Crippen molar-refractivity contribution in [2.45, 2.75) is 17.2 Å². The Morgan fingerprint density at radius 3 is 2.76 bits per heavy atom. The van der Waals surface area contributed by atoms with Crippen LogP contribution in [0.15, 0.2) is 35.6 Å². The standard InChI is InChI=1S/C19H21ClN6O2S/c1-12(29-17-15-16(22-11-21-15)23-19(20)24-17)18(27)26-9-7-25(8-10-26)13-5-3-4-6-14(13)28-2/h3-6,11-12H,7-10H2,1-2H3,(H,21,22,23,24)/t12-/m1/s1. The van der Waals surface area contributed by atoms with Crippen LogP contribution in [0.4, 0.5) is 5.69 Å². The van der Waals surface area contributed by atoms with E-state index in [1.54, 1.807) is 13.4 Å². The summed E-state index contributed by atoms with van der Waals surface area (Å²) in [5.41, 5.74) is 2.25. The summed E-state index contributed by atoms with van der Waals surface area (Å²) < 4.78 is 5.46. The highest BCUT2D eigenvalue weighted by Gasteiger charge is 2.27. The van der Waals surface area contributed by atoms with Crippen LogP contribution in [0, 0.1) is 0 Å². The summed E-state index contributed by atoms with van der Waals surface area (Å²) in [4.78, 5) is 32.6. The Labute approximate surface area is 177 Å². The van der Waals surface area contributed by atoms with E-state index in [-0.39, 0.29) is 16.4 Å². The third kappa shape index (κ3) is 4.11. The number of para-hydroxylation sites is 2. The quantitative estimate of drug-likeness (QED) is 0.377. The lowest BCUT2D eigenvalue weighted by molar-refractivity contribution is -0.130. The van der Waals surface area contributed by atoms with Gasteiger partial charge in [-0.1, -0.05) is 23.9 Å². The second-order valence-electron chi connectivity index (χ2n) is 6.64. The van der Waals surface area contributed by atoms with Gasteiger partial charge in [0, 0.05) is 26.2 Å². The minimum absolute atomic E-state index is 0.0806. The van der Waals surface area contributed by atoms with Gasteiger partial charge in [-0.2, -0.15) is 4.98 Å². The van der Waals surface area contributed by atoms with Gasteiger partial charge in [0.1, 0.15) is 16.3 Å². The minimum atomic E-state index is -0.301. The van der Waals surface area contributed by atoms with Gasteiger partial charge < -0.3 is 19.5 Å². The van der Waals surface area contributed by atoms with E-state index in [0.29, 0.717) is 29.3 Å². The Hall–Kier alpha value is -2.52. The normalized spacial score (nSPS) is 15.6. The fourth-order valence-electron chi connectivity index (χ4n) is 3.40. The number of nitrogens with one attached hydrogen (secondary N) is 1. The molecule has 1 saturated heterocycles. The number of aromatic nitrogens is 4. The molecule has 0 radical (unpaired) electrons. The molecular formula is C19H21ClN6O2S. The molecule has 10 heteroatoms. The van der Waals surface area contributed by atoms with E-state index in [2.05, 4.69) is 24.8 Å². The highest BCUT2D eigenvalue weighted by atomic mass is 35.5. The van der Waals surface area contributed by atoms with Crippen molar-refractivity contribution in [3.8, 4) is 5.75 Å². The van der Waals surface area contributed by atoms with E-state index in [0.717, 1.165) is 24.5 Å². The molecular weight excluding hydrogens is 412 g/mol. The van der Waals surface area contributed by atoms with Crippen LogP contribution in [0.3, 0.4) is 0 Å². The van der Waals surface area contributed by atoms with Gasteiger partial charge in [0.05, 0.1) is 24.4 Å². The van der Waals surface area contributed by atoms with Gasteiger partial charge in [0.15, 0.2) is 5.65 Å². The molecule has 1 atom stereocenters. The number of amides is 1. The highest BCUT2D eigenvalue weighted by molar-refractivity contribution is 8.00. The Bertz CT molecular complexity index is 1020. The van der Waals surface area contributed by atoms with Gasteiger partial charge in [0.25, 0.3) is 0 Å². The van der Waals surface area contributed by atoms with E-state index in [1.807, 2.05) is 36.1 Å². The average molecular weight is 433 g/mol. The van der Waals surface area contributed by atoms with Crippen LogP contribution >= 0.6 is 23.4 Å². The van der Waals surface area contributed by atoms with Crippen LogP contribution in [0.5, 0.6) is 5.75 Å². The van der Waals surface area contributed by atoms with E-state index in [4.69, 9.17) is 16.3 Å². The molecule has 2 aromatic heterocycles. The number of anilines is 1. The fraction of sp³-hybridized carbons (Fsp3) is 0.368. The van der Waals surface area contributed by atoms with Crippen molar-refractivity contribution in [2.75, 3.05) is 38.2 Å². The Morgan fingerprint density at radius 2 is 2.00 bits per heavy atom. The van der Waals surface area contributed by atoms with Crippen molar-refractivity contribution >= 4 is 46.1 Å². The average Bonchev–Trinajstić information content (AvgIpc) is 3.22. The molecule has 0 spiro atoms. The number of H-pyrrole nitrogens is 1. The predicted molar refractivity (Wildman–Crippen MR) is 114 cm³/mol. The Balaban J connectivity index is 1.41. The van der Waals surface area contributed by atoms with E-state index < -0.39 is 0 Å². The highest BCUT2D eigenvalue weighted by Crippen LogP contribution is 2.31. The smallest absolute Gasteiger partial charge is 0.235 e. The number of nitrogens with zero attached hydrogens (tertiary/aromatic N) is 5. The number of fused-ring (bicyclic) bond motifs is 1. The molecule has 0 unspecified atom stereocenters. The molecule has 8 nitrogen and oxygen atoms in total. The molecule has 0 aliphatic carbocycles. The Morgan fingerprint density at radius 1 is 1.24 bits per heavy atom. The topological polar surface area (TPSA) is 87.2 Å². The minimum Gasteiger partial charge on any atom is -0.495 e. The molecule has 1 aromatic carbocycles. The van der Waals surface area contributed by atoms with Gasteiger partial charge in [0.2, 0.25) is 11.2 Å². The van der Waals surface area contributed by atoms with Crippen LogP contribution in [-0.2, 0) is 4.79 Å². The van der Waals surface area contributed by atoms with Gasteiger partial charge in [-0.25, -0.2) is 9.97 Å². The summed E-state index contributed by atoms with van der Waals surface area (Å²) in [6.07, 6.45) is 1.54. The number of rotatable bonds is 5. The molecule has 29 heavy (non-hydrogen) atoms. The largest absolute Gasteiger partial charge is 0.495 e. The zero-order valence-electron chi connectivity index (χ0n) is 16.1. The molecule has 3 aromatic rings. The predicted octanol–water partition coefficient (Wildman–Crippen LogP) is 2.84. The number of carbonyl (C=O) groups excluding carboxylic acids is 1. The summed E-state index contributed by atoms with van der Waals surface area (Å²) in [5, 5.41) is 0.452. The first-order valence-corrected chi connectivity index (χ1v) is 10.5. The number of hydrogen-bond donors (Lipinski definition) is 1. The first kappa shape index (κ1) is 19.8. The lowest BCUT2D eigenvalue weighted by atomic mass is 10.2. The molecule has 1 aliphatic rings. The maximum absolute atomic E-state index is 13.0. The van der Waals surface area contributed by atoms with Crippen molar-refractivity contribution in [1.82, 2.24) is 24.8 Å². The molecule has 1 amide bonds. The first-order chi connectivity index (χ1) is 14.1. The van der Waals surface area contributed by atoms with E-state index in [9.17, 15) is 4.79 Å². The number of methoxy groups -OCH3 is 1. The van der Waals surface area contributed by atoms with Crippen LogP contribution < -0.4 is 9.64 Å². The summed E-state index contributed by atoms with van der Waals surface area (Å²) in [6.45, 7) is 4.72. The monoisotopic (exact) mass is 432 g/mol. The van der Waals surface area contributed by atoms with Crippen molar-refractivity contribution in [3.63, 3.8) is 0 Å². The number of carbonyl (C=O) groups is 1. The zero-order chi connectivity index (χ0) is 20.4. The van der Waals surface area contributed by atoms with E-state index >= 15 is 0 Å². The van der Waals surface area contributed by atoms with Crippen molar-refractivity contribution < 1.29 is 9.53 Å². The second-order valence-corrected chi connectivity index (χ2v) is 8.31. The van der Waals surface area contributed by atoms with Crippen LogP contribution in [-0.4, -0.2) is 69.3 Å². The number of hydrogen-bond acceptors (Lipinski definition) is 7. The molecule has 152 valence electrons.